The van der Waals surface area contributed by atoms with Gasteiger partial charge in [0.15, 0.2) is 5.13 Å². The van der Waals surface area contributed by atoms with Crippen molar-refractivity contribution < 1.29 is 14.3 Å². The van der Waals surface area contributed by atoms with Gasteiger partial charge in [-0.05, 0) is 6.92 Å². The smallest absolute Gasteiger partial charge is 0.311 e. The fourth-order valence-corrected chi connectivity index (χ4v) is 2.71. The summed E-state index contributed by atoms with van der Waals surface area (Å²) in [6, 6.07) is -0.226. The lowest BCUT2D eigenvalue weighted by atomic mass is 10.2. The number of hydrogen-bond donors (Lipinski definition) is 1. The van der Waals surface area contributed by atoms with Crippen molar-refractivity contribution in [2.24, 2.45) is 0 Å². The third-order valence-electron chi connectivity index (χ3n) is 2.84. The van der Waals surface area contributed by atoms with Crippen LogP contribution in [0.25, 0.3) is 0 Å². The van der Waals surface area contributed by atoms with Crippen LogP contribution < -0.4 is 10.2 Å². The van der Waals surface area contributed by atoms with Crippen molar-refractivity contribution in [2.45, 2.75) is 19.4 Å². The minimum Gasteiger partial charge on any atom is -0.469 e. The molecule has 2 rings (SSSR count). The van der Waals surface area contributed by atoms with Crippen LogP contribution in [-0.2, 0) is 20.7 Å². The maximum atomic E-state index is 11.6. The molecule has 1 aliphatic heterocycles. The SMILES string of the molecule is COC(=O)Cc1csc(N2CCNC(=O)C2C)n1. The molecule has 7 heteroatoms. The van der Waals surface area contributed by atoms with Gasteiger partial charge in [-0.2, -0.15) is 0 Å². The van der Waals surface area contributed by atoms with Gasteiger partial charge in [0.25, 0.3) is 0 Å². The molecular weight excluding hydrogens is 254 g/mol. The molecule has 1 aromatic rings. The summed E-state index contributed by atoms with van der Waals surface area (Å²) in [6.07, 6.45) is 0.168. The van der Waals surface area contributed by atoms with Gasteiger partial charge in [-0.1, -0.05) is 0 Å². The van der Waals surface area contributed by atoms with Crippen molar-refractivity contribution in [2.75, 3.05) is 25.1 Å². The highest BCUT2D eigenvalue weighted by atomic mass is 32.1. The highest BCUT2D eigenvalue weighted by molar-refractivity contribution is 7.13. The first-order chi connectivity index (χ1) is 8.61. The fraction of sp³-hybridized carbons (Fsp3) is 0.545. The van der Waals surface area contributed by atoms with Crippen molar-refractivity contribution >= 4 is 28.3 Å². The predicted octanol–water partition coefficient (Wildman–Crippen LogP) is 0.183. The number of nitrogens with zero attached hydrogens (tertiary/aromatic N) is 2. The van der Waals surface area contributed by atoms with Gasteiger partial charge in [0.2, 0.25) is 5.91 Å². The van der Waals surface area contributed by atoms with Gasteiger partial charge in [0.1, 0.15) is 6.04 Å². The normalized spacial score (nSPS) is 19.6. The van der Waals surface area contributed by atoms with E-state index < -0.39 is 0 Å². The van der Waals surface area contributed by atoms with E-state index in [0.29, 0.717) is 12.2 Å². The summed E-state index contributed by atoms with van der Waals surface area (Å²) in [5.74, 6) is -0.303. The van der Waals surface area contributed by atoms with Gasteiger partial charge in [-0.15, -0.1) is 11.3 Å². The van der Waals surface area contributed by atoms with Crippen LogP contribution in [0.1, 0.15) is 12.6 Å². The first kappa shape index (κ1) is 12.8. The van der Waals surface area contributed by atoms with Crippen LogP contribution in [0.3, 0.4) is 0 Å². The Balaban J connectivity index is 2.09. The average Bonchev–Trinajstić information content (AvgIpc) is 2.80. The number of piperazine rings is 1. The summed E-state index contributed by atoms with van der Waals surface area (Å²) in [4.78, 5) is 29.0. The highest BCUT2D eigenvalue weighted by Crippen LogP contribution is 2.23. The van der Waals surface area contributed by atoms with E-state index in [-0.39, 0.29) is 24.3 Å². The predicted molar refractivity (Wildman–Crippen MR) is 67.7 cm³/mol. The summed E-state index contributed by atoms with van der Waals surface area (Å²) in [5, 5.41) is 5.40. The maximum absolute atomic E-state index is 11.6. The zero-order valence-electron chi connectivity index (χ0n) is 10.3. The van der Waals surface area contributed by atoms with Crippen LogP contribution in [0, 0.1) is 0 Å². The first-order valence-electron chi connectivity index (χ1n) is 5.67. The lowest BCUT2D eigenvalue weighted by Crippen LogP contribution is -2.54. The van der Waals surface area contributed by atoms with Crippen LogP contribution in [0.2, 0.25) is 0 Å². The summed E-state index contributed by atoms with van der Waals surface area (Å²) >= 11 is 1.44. The van der Waals surface area contributed by atoms with Crippen LogP contribution in [0.4, 0.5) is 5.13 Å². The molecule has 2 heterocycles. The number of nitrogens with one attached hydrogen (secondary N) is 1. The Labute approximate surface area is 109 Å². The summed E-state index contributed by atoms with van der Waals surface area (Å²) in [7, 11) is 1.35. The number of amides is 1. The number of carbonyl (C=O) groups excluding carboxylic acids is 2. The Bertz CT molecular complexity index is 460. The molecule has 0 radical (unpaired) electrons. The van der Waals surface area contributed by atoms with E-state index in [4.69, 9.17) is 0 Å². The van der Waals surface area contributed by atoms with E-state index in [2.05, 4.69) is 15.0 Å². The molecule has 6 nitrogen and oxygen atoms in total. The number of anilines is 1. The Morgan fingerprint density at radius 2 is 2.50 bits per heavy atom. The van der Waals surface area contributed by atoms with E-state index in [9.17, 15) is 9.59 Å². The maximum Gasteiger partial charge on any atom is 0.311 e. The van der Waals surface area contributed by atoms with Crippen molar-refractivity contribution in [1.29, 1.82) is 0 Å². The van der Waals surface area contributed by atoms with Crippen molar-refractivity contribution in [3.63, 3.8) is 0 Å². The van der Waals surface area contributed by atoms with E-state index >= 15 is 0 Å². The topological polar surface area (TPSA) is 71.5 Å². The van der Waals surface area contributed by atoms with Crippen molar-refractivity contribution in [3.8, 4) is 0 Å². The van der Waals surface area contributed by atoms with Crippen LogP contribution in [0.5, 0.6) is 0 Å². The number of carbonyl (C=O) groups is 2. The lowest BCUT2D eigenvalue weighted by molar-refractivity contribution is -0.139. The summed E-state index contributed by atoms with van der Waals surface area (Å²) < 4.78 is 4.60. The van der Waals surface area contributed by atoms with Gasteiger partial charge in [0, 0.05) is 18.5 Å². The van der Waals surface area contributed by atoms with Crippen molar-refractivity contribution in [1.82, 2.24) is 10.3 Å². The van der Waals surface area contributed by atoms with Crippen LogP contribution >= 0.6 is 11.3 Å². The van der Waals surface area contributed by atoms with Gasteiger partial charge in [-0.3, -0.25) is 9.59 Å². The Hall–Kier alpha value is -1.63. The number of ether oxygens (including phenoxy) is 1. The number of esters is 1. The lowest BCUT2D eigenvalue weighted by Gasteiger charge is -2.32. The van der Waals surface area contributed by atoms with Crippen LogP contribution in [-0.4, -0.2) is 43.1 Å². The number of rotatable bonds is 3. The second-order valence-electron chi connectivity index (χ2n) is 4.03. The van der Waals surface area contributed by atoms with Gasteiger partial charge >= 0.3 is 5.97 Å². The molecule has 0 saturated carbocycles. The molecule has 1 saturated heterocycles. The number of hydrogen-bond acceptors (Lipinski definition) is 6. The fourth-order valence-electron chi connectivity index (χ4n) is 1.77. The number of methoxy groups -OCH3 is 1. The highest BCUT2D eigenvalue weighted by Gasteiger charge is 2.27. The average molecular weight is 269 g/mol. The molecule has 1 N–H and O–H groups in total. The van der Waals surface area contributed by atoms with E-state index in [0.717, 1.165) is 11.7 Å². The first-order valence-corrected chi connectivity index (χ1v) is 6.55. The summed E-state index contributed by atoms with van der Waals surface area (Å²) in [6.45, 7) is 3.20. The van der Waals surface area contributed by atoms with Crippen LogP contribution in [0.15, 0.2) is 5.38 Å². The molecule has 1 aromatic heterocycles. The molecular formula is C11H15N3O3S. The Morgan fingerprint density at radius 1 is 1.72 bits per heavy atom. The third kappa shape index (κ3) is 2.61. The Kier molecular flexibility index (Phi) is 3.81. The Morgan fingerprint density at radius 3 is 3.22 bits per heavy atom. The zero-order valence-corrected chi connectivity index (χ0v) is 11.1. The number of thiazole rings is 1. The van der Waals surface area contributed by atoms with Gasteiger partial charge < -0.3 is 15.0 Å². The minimum absolute atomic E-state index is 0.00553. The molecule has 0 aliphatic carbocycles. The molecule has 1 unspecified atom stereocenters. The van der Waals surface area contributed by atoms with E-state index in [1.54, 1.807) is 0 Å². The standard InChI is InChI=1S/C11H15N3O3S/c1-7-10(16)12-3-4-14(7)11-13-8(6-18-11)5-9(15)17-2/h6-7H,3-5H2,1-2H3,(H,12,16). The summed E-state index contributed by atoms with van der Waals surface area (Å²) in [5.41, 5.74) is 0.681. The molecule has 1 atom stereocenters. The molecule has 98 valence electrons. The quantitative estimate of drug-likeness (QED) is 0.793. The molecule has 0 aromatic carbocycles. The van der Waals surface area contributed by atoms with E-state index in [1.807, 2.05) is 17.2 Å². The van der Waals surface area contributed by atoms with Gasteiger partial charge in [0.05, 0.1) is 19.2 Å². The monoisotopic (exact) mass is 269 g/mol. The molecule has 0 spiro atoms. The number of aromatic nitrogens is 1. The van der Waals surface area contributed by atoms with Gasteiger partial charge in [-0.25, -0.2) is 4.98 Å². The molecule has 18 heavy (non-hydrogen) atoms. The van der Waals surface area contributed by atoms with E-state index in [1.165, 1.54) is 18.4 Å². The molecule has 1 amide bonds. The molecule has 1 fully saturated rings. The molecule has 0 bridgehead atoms. The third-order valence-corrected chi connectivity index (χ3v) is 3.76. The molecule has 1 aliphatic rings. The van der Waals surface area contributed by atoms with Crippen molar-refractivity contribution in [3.05, 3.63) is 11.1 Å². The second kappa shape index (κ2) is 5.34. The second-order valence-corrected chi connectivity index (χ2v) is 4.87. The minimum atomic E-state index is -0.309. The largest absolute Gasteiger partial charge is 0.469 e. The zero-order chi connectivity index (χ0) is 13.1.